The molecule has 3 fully saturated rings. The molecule has 2 aliphatic heterocycles. The fourth-order valence-corrected chi connectivity index (χ4v) is 6.22. The Kier molecular flexibility index (Phi) is 4.70. The van der Waals surface area contributed by atoms with E-state index in [0.717, 1.165) is 25.0 Å². The normalized spacial score (nSPS) is 33.4. The van der Waals surface area contributed by atoms with Gasteiger partial charge in [-0.05, 0) is 50.3 Å². The summed E-state index contributed by atoms with van der Waals surface area (Å²) < 4.78 is 0. The monoisotopic (exact) mass is 389 g/mol. The van der Waals surface area contributed by atoms with Crippen molar-refractivity contribution in [2.75, 3.05) is 0 Å². The predicted molar refractivity (Wildman–Crippen MR) is 115 cm³/mol. The summed E-state index contributed by atoms with van der Waals surface area (Å²) in [4.78, 5) is 20.6. The maximum atomic E-state index is 13.7. The molecule has 4 heteroatoms. The van der Waals surface area contributed by atoms with Crippen LogP contribution in [0.4, 0.5) is 0 Å². The molecule has 4 nitrogen and oxygen atoms in total. The van der Waals surface area contributed by atoms with Gasteiger partial charge in [0.15, 0.2) is 0 Å². The van der Waals surface area contributed by atoms with E-state index in [1.165, 1.54) is 24.8 Å². The molecule has 1 aromatic heterocycles. The number of pyridine rings is 1. The number of rotatable bonds is 3. The molecule has 2 aromatic rings. The lowest BCUT2D eigenvalue weighted by Gasteiger charge is -2.43. The van der Waals surface area contributed by atoms with Crippen molar-refractivity contribution in [2.45, 2.75) is 76.5 Å². The number of carbonyl (C=O) groups excluding carboxylic acids is 1. The van der Waals surface area contributed by atoms with Crippen LogP contribution in [0.2, 0.25) is 0 Å². The molecule has 3 aliphatic rings. The summed E-state index contributed by atoms with van der Waals surface area (Å²) in [7, 11) is 0. The molecule has 1 N–H and O–H groups in total. The average Bonchev–Trinajstić information content (AvgIpc) is 2.87. The zero-order valence-corrected chi connectivity index (χ0v) is 17.5. The number of piperidine rings is 1. The van der Waals surface area contributed by atoms with Gasteiger partial charge in [-0.15, -0.1) is 0 Å². The van der Waals surface area contributed by atoms with Crippen molar-refractivity contribution in [1.82, 2.24) is 15.2 Å². The highest BCUT2D eigenvalue weighted by atomic mass is 16.2. The molecular weight excluding hydrogens is 358 g/mol. The van der Waals surface area contributed by atoms with Gasteiger partial charge in [0, 0.05) is 35.3 Å². The van der Waals surface area contributed by atoms with E-state index in [1.807, 2.05) is 25.1 Å². The van der Waals surface area contributed by atoms with Crippen LogP contribution < -0.4 is 5.32 Å². The van der Waals surface area contributed by atoms with Crippen LogP contribution in [-0.2, 0) is 6.42 Å². The van der Waals surface area contributed by atoms with Crippen molar-refractivity contribution in [3.63, 3.8) is 0 Å². The quantitative estimate of drug-likeness (QED) is 0.858. The highest BCUT2D eigenvalue weighted by molar-refractivity contribution is 5.93. The van der Waals surface area contributed by atoms with Gasteiger partial charge >= 0.3 is 0 Å². The molecule has 29 heavy (non-hydrogen) atoms. The topological polar surface area (TPSA) is 45.2 Å². The number of nitrogens with one attached hydrogen (secondary N) is 1. The summed E-state index contributed by atoms with van der Waals surface area (Å²) in [6.07, 6.45) is 6.85. The van der Waals surface area contributed by atoms with Crippen LogP contribution in [0.1, 0.15) is 60.8 Å². The van der Waals surface area contributed by atoms with Crippen LogP contribution in [0, 0.1) is 12.3 Å². The second-order valence-electron chi connectivity index (χ2n) is 9.47. The number of aromatic nitrogens is 1. The first-order chi connectivity index (χ1) is 14.1. The number of aryl methyl sites for hydroxylation is 1. The molecule has 1 saturated carbocycles. The first kappa shape index (κ1) is 18.8. The Labute approximate surface area is 173 Å². The Morgan fingerprint density at radius 3 is 2.72 bits per heavy atom. The van der Waals surface area contributed by atoms with E-state index in [1.54, 1.807) is 0 Å². The number of likely N-dealkylation sites (tertiary alicyclic amines) is 1. The minimum Gasteiger partial charge on any atom is -0.329 e. The number of benzene rings is 1. The smallest absolute Gasteiger partial charge is 0.273 e. The predicted octanol–water partition coefficient (Wildman–Crippen LogP) is 4.14. The van der Waals surface area contributed by atoms with Gasteiger partial charge in [-0.2, -0.15) is 0 Å². The van der Waals surface area contributed by atoms with Gasteiger partial charge in [0.2, 0.25) is 0 Å². The number of hydrogen-bond donors (Lipinski definition) is 1. The van der Waals surface area contributed by atoms with Crippen molar-refractivity contribution < 1.29 is 4.79 Å². The van der Waals surface area contributed by atoms with Crippen LogP contribution in [0.5, 0.6) is 0 Å². The molecule has 1 amide bonds. The maximum Gasteiger partial charge on any atom is 0.273 e. The Bertz CT molecular complexity index is 898. The lowest BCUT2D eigenvalue weighted by Crippen LogP contribution is -2.57. The van der Waals surface area contributed by atoms with E-state index < -0.39 is 0 Å². The molecule has 0 spiro atoms. The molecular formula is C25H31N3O. The van der Waals surface area contributed by atoms with E-state index in [9.17, 15) is 4.79 Å². The molecule has 2 saturated heterocycles. The van der Waals surface area contributed by atoms with Gasteiger partial charge < -0.3 is 10.2 Å². The highest BCUT2D eigenvalue weighted by Gasteiger charge is 2.60. The van der Waals surface area contributed by atoms with E-state index in [2.05, 4.69) is 52.5 Å². The summed E-state index contributed by atoms with van der Waals surface area (Å²) >= 11 is 0. The molecule has 1 aliphatic carbocycles. The molecule has 5 atom stereocenters. The van der Waals surface area contributed by atoms with Crippen LogP contribution in [-0.4, -0.2) is 40.0 Å². The van der Waals surface area contributed by atoms with Crippen LogP contribution in [0.25, 0.3) is 0 Å². The zero-order chi connectivity index (χ0) is 20.0. The summed E-state index contributed by atoms with van der Waals surface area (Å²) in [5, 5.41) is 4.01. The standard InChI is InChI=1S/C25H31N3O/c1-17-9-8-12-19(26-17)24(29)28-21-16-25(2)22(13-6-7-14-23(25)28)27-20(21)15-18-10-4-3-5-11-18/h3-5,8-12,20-23,27H,6-7,13-16H2,1-2H3/t20-,21+,22-,23+,25-/m1/s1. The number of carbonyl (C=O) groups is 1. The second-order valence-corrected chi connectivity index (χ2v) is 9.47. The van der Waals surface area contributed by atoms with E-state index in [0.29, 0.717) is 23.8 Å². The largest absolute Gasteiger partial charge is 0.329 e. The molecule has 5 rings (SSSR count). The molecule has 0 unspecified atom stereocenters. The van der Waals surface area contributed by atoms with E-state index >= 15 is 0 Å². The SMILES string of the molecule is Cc1cccc(C(=O)N2[C@H]3CCCC[C@H]4N[C@H](Cc5ccccc5)[C@@H]2C[C@@]34C)n1. The zero-order valence-electron chi connectivity index (χ0n) is 17.5. The third-order valence-corrected chi connectivity index (χ3v) is 7.64. The first-order valence-electron chi connectivity index (χ1n) is 11.1. The van der Waals surface area contributed by atoms with Crippen molar-refractivity contribution in [3.05, 3.63) is 65.5 Å². The van der Waals surface area contributed by atoms with Gasteiger partial charge in [0.05, 0.1) is 0 Å². The average molecular weight is 390 g/mol. The van der Waals surface area contributed by atoms with E-state index in [-0.39, 0.29) is 17.4 Å². The third kappa shape index (κ3) is 3.18. The Hall–Kier alpha value is -2.20. The Morgan fingerprint density at radius 1 is 1.14 bits per heavy atom. The number of nitrogens with zero attached hydrogens (tertiary/aromatic N) is 2. The van der Waals surface area contributed by atoms with Gasteiger partial charge in [0.1, 0.15) is 5.69 Å². The Balaban J connectivity index is 1.52. The molecule has 3 heterocycles. The highest BCUT2D eigenvalue weighted by Crippen LogP contribution is 2.52. The van der Waals surface area contributed by atoms with Crippen LogP contribution in [0.3, 0.4) is 0 Å². The number of amides is 1. The van der Waals surface area contributed by atoms with Crippen LogP contribution >= 0.6 is 0 Å². The van der Waals surface area contributed by atoms with Gasteiger partial charge in [-0.3, -0.25) is 4.79 Å². The molecule has 0 radical (unpaired) electrons. The maximum absolute atomic E-state index is 13.7. The fourth-order valence-electron chi connectivity index (χ4n) is 6.22. The molecule has 152 valence electrons. The molecule has 1 aromatic carbocycles. The van der Waals surface area contributed by atoms with Gasteiger partial charge in [0.25, 0.3) is 5.91 Å². The first-order valence-corrected chi connectivity index (χ1v) is 11.1. The van der Waals surface area contributed by atoms with Crippen molar-refractivity contribution >= 4 is 5.91 Å². The van der Waals surface area contributed by atoms with Crippen molar-refractivity contribution in [1.29, 1.82) is 0 Å². The number of fused-ring (bicyclic) bond motifs is 1. The fraction of sp³-hybridized carbons (Fsp3) is 0.520. The van der Waals surface area contributed by atoms with Crippen molar-refractivity contribution in [3.8, 4) is 0 Å². The van der Waals surface area contributed by atoms with E-state index in [4.69, 9.17) is 0 Å². The summed E-state index contributed by atoms with van der Waals surface area (Å²) in [5.41, 5.74) is 3.00. The third-order valence-electron chi connectivity index (χ3n) is 7.64. The van der Waals surface area contributed by atoms with Gasteiger partial charge in [-0.25, -0.2) is 4.98 Å². The summed E-state index contributed by atoms with van der Waals surface area (Å²) in [5.74, 6) is 0.120. The molecule has 2 bridgehead atoms. The lowest BCUT2D eigenvalue weighted by atomic mass is 9.70. The lowest BCUT2D eigenvalue weighted by molar-refractivity contribution is 0.0605. The minimum absolute atomic E-state index is 0.120. The Morgan fingerprint density at radius 2 is 1.93 bits per heavy atom. The van der Waals surface area contributed by atoms with Crippen LogP contribution in [0.15, 0.2) is 48.5 Å². The number of hydrogen-bond acceptors (Lipinski definition) is 3. The summed E-state index contributed by atoms with van der Waals surface area (Å²) in [6, 6.07) is 17.8. The second kappa shape index (κ2) is 7.24. The summed E-state index contributed by atoms with van der Waals surface area (Å²) in [6.45, 7) is 4.38. The minimum atomic E-state index is 0.120. The van der Waals surface area contributed by atoms with Crippen molar-refractivity contribution in [2.24, 2.45) is 5.41 Å². The van der Waals surface area contributed by atoms with Gasteiger partial charge in [-0.1, -0.05) is 56.2 Å².